The number of ether oxygens (including phenoxy) is 1. The standard InChI is InChI=1S/C25H35N3O/c1-2-7-21(8-3-1)9-4-5-10-22-12-15-28(16-13-22)24-17-25(19-26-18-24)29-20-23-11-6-14-27-23/h1-3,7-8,17-19,22-23,27H,4-6,9-16,20H2/t23-/m0/s1. The van der Waals surface area contributed by atoms with Crippen molar-refractivity contribution in [2.24, 2.45) is 5.92 Å². The topological polar surface area (TPSA) is 37.4 Å². The lowest BCUT2D eigenvalue weighted by atomic mass is 9.90. The van der Waals surface area contributed by atoms with Crippen LogP contribution in [0.25, 0.3) is 0 Å². The molecule has 4 rings (SSSR count). The van der Waals surface area contributed by atoms with Gasteiger partial charge in [-0.15, -0.1) is 0 Å². The highest BCUT2D eigenvalue weighted by molar-refractivity contribution is 5.48. The maximum atomic E-state index is 5.99. The van der Waals surface area contributed by atoms with Gasteiger partial charge in [-0.25, -0.2) is 0 Å². The van der Waals surface area contributed by atoms with E-state index in [0.29, 0.717) is 6.04 Å². The number of pyridine rings is 1. The van der Waals surface area contributed by atoms with E-state index in [9.17, 15) is 0 Å². The number of nitrogens with zero attached hydrogens (tertiary/aromatic N) is 2. The van der Waals surface area contributed by atoms with Gasteiger partial charge in [0.05, 0.1) is 18.1 Å². The highest BCUT2D eigenvalue weighted by atomic mass is 16.5. The van der Waals surface area contributed by atoms with Crippen molar-refractivity contribution in [2.75, 3.05) is 31.1 Å². The minimum atomic E-state index is 0.497. The number of hydrogen-bond acceptors (Lipinski definition) is 4. The summed E-state index contributed by atoms with van der Waals surface area (Å²) in [6, 6.07) is 13.5. The zero-order valence-corrected chi connectivity index (χ0v) is 17.6. The highest BCUT2D eigenvalue weighted by Gasteiger charge is 2.20. The molecule has 29 heavy (non-hydrogen) atoms. The van der Waals surface area contributed by atoms with E-state index in [1.807, 2.05) is 12.4 Å². The molecule has 2 aromatic rings. The first-order valence-corrected chi connectivity index (χ1v) is 11.5. The van der Waals surface area contributed by atoms with Gasteiger partial charge < -0.3 is 15.0 Å². The quantitative estimate of drug-likeness (QED) is 0.619. The number of rotatable bonds is 9. The average molecular weight is 394 g/mol. The van der Waals surface area contributed by atoms with Crippen LogP contribution in [0.2, 0.25) is 0 Å². The van der Waals surface area contributed by atoms with Crippen LogP contribution in [0.15, 0.2) is 48.8 Å². The summed E-state index contributed by atoms with van der Waals surface area (Å²) in [7, 11) is 0. The van der Waals surface area contributed by atoms with Crippen LogP contribution < -0.4 is 15.0 Å². The molecular weight excluding hydrogens is 358 g/mol. The minimum absolute atomic E-state index is 0.497. The van der Waals surface area contributed by atoms with Crippen molar-refractivity contribution < 1.29 is 4.74 Å². The molecule has 156 valence electrons. The van der Waals surface area contributed by atoms with Gasteiger partial charge in [0, 0.05) is 25.2 Å². The third-order valence-corrected chi connectivity index (χ3v) is 6.46. The molecule has 4 nitrogen and oxygen atoms in total. The first-order chi connectivity index (χ1) is 14.4. The largest absolute Gasteiger partial charge is 0.490 e. The van der Waals surface area contributed by atoms with Crippen molar-refractivity contribution in [2.45, 2.75) is 57.4 Å². The number of unbranched alkanes of at least 4 members (excludes halogenated alkanes) is 1. The summed E-state index contributed by atoms with van der Waals surface area (Å²) in [5, 5.41) is 3.48. The number of aromatic nitrogens is 1. The van der Waals surface area contributed by atoms with Gasteiger partial charge in [0.2, 0.25) is 0 Å². The first-order valence-electron chi connectivity index (χ1n) is 11.5. The van der Waals surface area contributed by atoms with Crippen molar-refractivity contribution in [3.63, 3.8) is 0 Å². The normalized spacial score (nSPS) is 20.1. The van der Waals surface area contributed by atoms with Gasteiger partial charge in [0.25, 0.3) is 0 Å². The van der Waals surface area contributed by atoms with Crippen molar-refractivity contribution in [1.29, 1.82) is 0 Å². The molecular formula is C25H35N3O. The Balaban J connectivity index is 1.16. The Morgan fingerprint density at radius 3 is 2.69 bits per heavy atom. The summed E-state index contributed by atoms with van der Waals surface area (Å²) in [5.41, 5.74) is 2.69. The highest BCUT2D eigenvalue weighted by Crippen LogP contribution is 2.28. The molecule has 0 saturated carbocycles. The van der Waals surface area contributed by atoms with Gasteiger partial charge in [-0.2, -0.15) is 0 Å². The van der Waals surface area contributed by atoms with Crippen molar-refractivity contribution in [1.82, 2.24) is 10.3 Å². The van der Waals surface area contributed by atoms with E-state index in [4.69, 9.17) is 4.74 Å². The number of anilines is 1. The van der Waals surface area contributed by atoms with Gasteiger partial charge in [-0.3, -0.25) is 4.98 Å². The fourth-order valence-electron chi connectivity index (χ4n) is 4.64. The monoisotopic (exact) mass is 393 g/mol. The van der Waals surface area contributed by atoms with Gasteiger partial charge in [0.15, 0.2) is 0 Å². The van der Waals surface area contributed by atoms with Crippen molar-refractivity contribution >= 4 is 5.69 Å². The molecule has 0 spiro atoms. The number of benzene rings is 1. The van der Waals surface area contributed by atoms with Gasteiger partial charge in [-0.05, 0) is 56.6 Å². The van der Waals surface area contributed by atoms with Crippen molar-refractivity contribution in [3.8, 4) is 5.75 Å². The first kappa shape index (κ1) is 20.2. The lowest BCUT2D eigenvalue weighted by Gasteiger charge is -2.33. The van der Waals surface area contributed by atoms with Crippen LogP contribution in [0.3, 0.4) is 0 Å². The maximum Gasteiger partial charge on any atom is 0.139 e. The van der Waals surface area contributed by atoms with Crippen LogP contribution in [0.1, 0.15) is 50.5 Å². The van der Waals surface area contributed by atoms with E-state index in [-0.39, 0.29) is 0 Å². The fraction of sp³-hybridized carbons (Fsp3) is 0.560. The molecule has 0 unspecified atom stereocenters. The summed E-state index contributed by atoms with van der Waals surface area (Å²) in [6.45, 7) is 4.14. The summed E-state index contributed by atoms with van der Waals surface area (Å²) in [5.74, 6) is 1.78. The average Bonchev–Trinajstić information content (AvgIpc) is 3.30. The Hall–Kier alpha value is -2.07. The zero-order valence-electron chi connectivity index (χ0n) is 17.6. The molecule has 0 radical (unpaired) electrons. The SMILES string of the molecule is c1ccc(CCCCC2CCN(c3cncc(OC[C@@H]4CCCN4)c3)CC2)cc1. The second-order valence-electron chi connectivity index (χ2n) is 8.64. The Morgan fingerprint density at radius 1 is 1.03 bits per heavy atom. The van der Waals surface area contributed by atoms with Crippen LogP contribution in [0.4, 0.5) is 5.69 Å². The molecule has 0 aliphatic carbocycles. The summed E-state index contributed by atoms with van der Waals surface area (Å²) >= 11 is 0. The third kappa shape index (κ3) is 6.20. The molecule has 1 aromatic carbocycles. The molecule has 0 bridgehead atoms. The molecule has 2 saturated heterocycles. The smallest absolute Gasteiger partial charge is 0.139 e. The molecule has 3 heterocycles. The summed E-state index contributed by atoms with van der Waals surface area (Å²) in [6.07, 6.45) is 14.1. The van der Waals surface area contributed by atoms with E-state index in [1.54, 1.807) is 0 Å². The predicted octanol–water partition coefficient (Wildman–Crippen LogP) is 4.84. The van der Waals surface area contributed by atoms with Crippen molar-refractivity contribution in [3.05, 3.63) is 54.4 Å². The molecule has 4 heteroatoms. The number of piperidine rings is 1. The van der Waals surface area contributed by atoms with E-state index in [0.717, 1.165) is 37.9 Å². The van der Waals surface area contributed by atoms with E-state index < -0.39 is 0 Å². The number of hydrogen-bond donors (Lipinski definition) is 1. The lowest BCUT2D eigenvalue weighted by molar-refractivity contribution is 0.276. The van der Waals surface area contributed by atoms with Gasteiger partial charge in [-0.1, -0.05) is 43.2 Å². The molecule has 0 amide bonds. The second kappa shape index (κ2) is 10.6. The Kier molecular flexibility index (Phi) is 7.41. The number of aryl methyl sites for hydroxylation is 1. The summed E-state index contributed by atoms with van der Waals surface area (Å²) < 4.78 is 5.99. The van der Waals surface area contributed by atoms with Gasteiger partial charge in [0.1, 0.15) is 12.4 Å². The molecule has 2 aliphatic rings. The van der Waals surface area contributed by atoms with Crippen LogP contribution in [0, 0.1) is 5.92 Å². The second-order valence-corrected chi connectivity index (χ2v) is 8.64. The Labute approximate surface area is 175 Å². The molecule has 1 N–H and O–H groups in total. The van der Waals surface area contributed by atoms with Crippen LogP contribution in [0.5, 0.6) is 5.75 Å². The minimum Gasteiger partial charge on any atom is -0.490 e. The third-order valence-electron chi connectivity index (χ3n) is 6.46. The maximum absolute atomic E-state index is 5.99. The predicted molar refractivity (Wildman–Crippen MR) is 120 cm³/mol. The molecule has 1 aromatic heterocycles. The van der Waals surface area contributed by atoms with Crippen LogP contribution in [-0.2, 0) is 6.42 Å². The Bertz CT molecular complexity index is 722. The van der Waals surface area contributed by atoms with Gasteiger partial charge >= 0.3 is 0 Å². The summed E-state index contributed by atoms with van der Waals surface area (Å²) in [4.78, 5) is 6.91. The zero-order chi connectivity index (χ0) is 19.7. The molecule has 2 fully saturated rings. The van der Waals surface area contributed by atoms with E-state index in [1.165, 1.54) is 62.6 Å². The van der Waals surface area contributed by atoms with Crippen LogP contribution in [-0.4, -0.2) is 37.3 Å². The fourth-order valence-corrected chi connectivity index (χ4v) is 4.64. The molecule has 2 aliphatic heterocycles. The van der Waals surface area contributed by atoms with E-state index >= 15 is 0 Å². The Morgan fingerprint density at radius 2 is 1.90 bits per heavy atom. The number of nitrogens with one attached hydrogen (secondary N) is 1. The lowest BCUT2D eigenvalue weighted by Crippen LogP contribution is -2.33. The van der Waals surface area contributed by atoms with E-state index in [2.05, 4.69) is 51.6 Å². The van der Waals surface area contributed by atoms with Crippen LogP contribution >= 0.6 is 0 Å². The molecule has 1 atom stereocenters.